The average Bonchev–Trinajstić information content (AvgIpc) is 1.40. The number of fused-ring (bicyclic) bond motifs is 8. The highest BCUT2D eigenvalue weighted by atomic mass is 32.2. The van der Waals surface area contributed by atoms with Crippen molar-refractivity contribution in [3.63, 3.8) is 0 Å². The highest BCUT2D eigenvalue weighted by Gasteiger charge is 2.50. The van der Waals surface area contributed by atoms with Crippen LogP contribution in [0.15, 0.2) is 63.2 Å². The molecule has 4 aromatic carbocycles. The molecule has 0 spiro atoms. The number of ether oxygens (including phenoxy) is 5. The molecule has 11 unspecified atom stereocenters. The molecule has 0 saturated carbocycles. The van der Waals surface area contributed by atoms with Gasteiger partial charge in [-0.2, -0.15) is 0 Å². The van der Waals surface area contributed by atoms with E-state index in [1.54, 1.807) is 0 Å². The smallest absolute Gasteiger partial charge is 0.229 e. The lowest BCUT2D eigenvalue weighted by Gasteiger charge is -2.39. The van der Waals surface area contributed by atoms with Crippen molar-refractivity contribution in [3.8, 4) is 50.3 Å². The Kier molecular flexibility index (Phi) is 22.7. The number of aliphatic hydroxyl groups excluding tert-OH is 16. The van der Waals surface area contributed by atoms with E-state index in [1.165, 1.54) is 24.3 Å². The van der Waals surface area contributed by atoms with Gasteiger partial charge in [-0.05, 0) is 66.3 Å². The highest BCUT2D eigenvalue weighted by Crippen LogP contribution is 2.49. The summed E-state index contributed by atoms with van der Waals surface area (Å²) in [5.74, 6) is -27.9. The van der Waals surface area contributed by atoms with E-state index >= 15 is 52.7 Å². The standard InChI is InChI=1S/C68H58F12N4O21S3/c69-38-35(39(70)45(76)62(44(38)75)106-66-59(98)55(94)51(90)28(14-86)103-66)32-21-6-4-19(81-21)31(17-2-1-3-18(12-17)101-65-58(97)54(93)50(89)27(13-85)102-65)20-5-7-22(82-20)33(36-40(71)46(77)63(47(78)41(36)72)107-67-60(99)56(95)52(91)29(15-87)104-67)24-9-11-26(84-24)34(25-10-8-23(32)83-25)37-42(73)48(79)64(49(80)43(37)74)108-68-61(100)57(96)53(92)30(16-88)105-68/h1-12,27-30,50-61,65-68,81,84-100H,13-16H2/t27?,28?,29?,30-,50-,51-,52-,53?,54?,55?,56?,57-,58?,59?,60?,61-,65-,66+,67+,68?/m1/s1. The molecule has 3 aromatic heterocycles. The lowest BCUT2D eigenvalue weighted by molar-refractivity contribution is -0.277. The lowest BCUT2D eigenvalue weighted by atomic mass is 9.99. The van der Waals surface area contributed by atoms with Crippen molar-refractivity contribution in [2.24, 2.45) is 0 Å². The first-order valence-corrected chi connectivity index (χ1v) is 34.7. The average molecular weight is 1590 g/mol. The fourth-order valence-corrected chi connectivity index (χ4v) is 16.3. The van der Waals surface area contributed by atoms with Gasteiger partial charge in [-0.15, -0.1) is 0 Å². The number of aromatic amines is 2. The van der Waals surface area contributed by atoms with Crippen molar-refractivity contribution >= 4 is 81.7 Å². The third-order valence-electron chi connectivity index (χ3n) is 18.6. The van der Waals surface area contributed by atoms with Crippen molar-refractivity contribution < 1.29 is 158 Å². The Morgan fingerprint density at radius 2 is 0.602 bits per heavy atom. The van der Waals surface area contributed by atoms with Crippen LogP contribution in [0.25, 0.3) is 90.9 Å². The van der Waals surface area contributed by atoms with Crippen LogP contribution < -0.4 is 4.74 Å². The molecule has 40 heteroatoms. The largest absolute Gasteiger partial charge is 0.462 e. The molecule has 7 aromatic rings. The van der Waals surface area contributed by atoms with Crippen LogP contribution >= 0.6 is 35.3 Å². The number of hydrogen-bond acceptors (Lipinski definition) is 26. The molecule has 0 aliphatic carbocycles. The molecule has 13 rings (SSSR count). The molecule has 9 heterocycles. The first-order valence-electron chi connectivity index (χ1n) is 32.1. The number of benzene rings is 4. The van der Waals surface area contributed by atoms with Crippen molar-refractivity contribution in [1.29, 1.82) is 0 Å². The van der Waals surface area contributed by atoms with E-state index in [4.69, 9.17) is 23.7 Å². The minimum absolute atomic E-state index is 0.108. The van der Waals surface area contributed by atoms with Crippen molar-refractivity contribution in [2.75, 3.05) is 26.4 Å². The van der Waals surface area contributed by atoms with Gasteiger partial charge in [-0.1, -0.05) is 47.4 Å². The molecule has 0 amide bonds. The predicted octanol–water partition coefficient (Wildman–Crippen LogP) is 3.85. The monoisotopic (exact) mass is 1590 g/mol. The maximum Gasteiger partial charge on any atom is 0.229 e. The molecule has 4 fully saturated rings. The van der Waals surface area contributed by atoms with E-state index in [0.29, 0.717) is 0 Å². The van der Waals surface area contributed by atoms with E-state index in [-0.39, 0.29) is 57.7 Å². The van der Waals surface area contributed by atoms with Crippen LogP contribution in [0, 0.1) is 69.8 Å². The Balaban J connectivity index is 1.11. The molecule has 578 valence electrons. The zero-order valence-corrected chi connectivity index (χ0v) is 56.6. The van der Waals surface area contributed by atoms with E-state index in [9.17, 15) is 81.7 Å². The van der Waals surface area contributed by atoms with Gasteiger partial charge >= 0.3 is 0 Å². The number of rotatable bonds is 16. The fourth-order valence-electron chi connectivity index (χ4n) is 13.0. The molecule has 4 saturated heterocycles. The molecule has 18 N–H and O–H groups in total. The molecule has 108 heavy (non-hydrogen) atoms. The number of thioether (sulfide) groups is 3. The molecule has 6 aliphatic heterocycles. The minimum atomic E-state index is -2.39. The topological polar surface area (TPSA) is 427 Å². The maximum absolute atomic E-state index is 17.6. The van der Waals surface area contributed by atoms with Gasteiger partial charge < -0.3 is 115 Å². The molecule has 25 nitrogen and oxygen atoms in total. The van der Waals surface area contributed by atoms with Crippen molar-refractivity contribution in [3.05, 3.63) is 141 Å². The Bertz CT molecular complexity index is 4740. The van der Waals surface area contributed by atoms with Gasteiger partial charge in [0.25, 0.3) is 0 Å². The summed E-state index contributed by atoms with van der Waals surface area (Å²) in [7, 11) is 0. The summed E-state index contributed by atoms with van der Waals surface area (Å²) >= 11 is -0.816. The number of nitrogens with zero attached hydrogens (tertiary/aromatic N) is 2. The maximum atomic E-state index is 17.6. The number of aliphatic hydroxyl groups is 16. The third-order valence-corrected chi connectivity index (χ3v) is 22.3. The van der Waals surface area contributed by atoms with Crippen LogP contribution in [0.2, 0.25) is 0 Å². The molecule has 6 aliphatic rings. The number of aromatic nitrogens is 4. The van der Waals surface area contributed by atoms with Crippen LogP contribution in [0.1, 0.15) is 22.8 Å². The predicted molar refractivity (Wildman–Crippen MR) is 353 cm³/mol. The Morgan fingerprint density at radius 1 is 0.324 bits per heavy atom. The first-order chi connectivity index (χ1) is 51.3. The Hall–Kier alpha value is -7.31. The van der Waals surface area contributed by atoms with Crippen molar-refractivity contribution in [2.45, 2.75) is 135 Å². The Morgan fingerprint density at radius 3 is 0.907 bits per heavy atom. The summed E-state index contributed by atoms with van der Waals surface area (Å²) in [6, 6.07) is 8.68. The van der Waals surface area contributed by atoms with Crippen molar-refractivity contribution in [1.82, 2.24) is 19.9 Å². The summed E-state index contributed by atoms with van der Waals surface area (Å²) in [4.78, 5) is 9.53. The van der Waals surface area contributed by atoms with Crippen LogP contribution in [0.4, 0.5) is 52.7 Å². The molecule has 20 atom stereocenters. The minimum Gasteiger partial charge on any atom is -0.462 e. The number of H-pyrrole nitrogens is 2. The summed E-state index contributed by atoms with van der Waals surface area (Å²) in [6.45, 7) is -4.13. The first kappa shape index (κ1) is 78.8. The quantitative estimate of drug-likeness (QED) is 0.0482. The second-order valence-electron chi connectivity index (χ2n) is 25.2. The van der Waals surface area contributed by atoms with Crippen LogP contribution in [-0.4, -0.2) is 248 Å². The van der Waals surface area contributed by atoms with Crippen LogP contribution in [0.3, 0.4) is 0 Å². The summed E-state index contributed by atoms with van der Waals surface area (Å²) in [5, 5.41) is 167. The number of hydrogen-bond donors (Lipinski definition) is 18. The Labute approximate surface area is 609 Å². The third kappa shape index (κ3) is 13.6. The van der Waals surface area contributed by atoms with E-state index < -0.39 is 304 Å². The number of nitrogens with one attached hydrogen (secondary N) is 2. The van der Waals surface area contributed by atoms with E-state index in [2.05, 4.69) is 19.9 Å². The summed E-state index contributed by atoms with van der Waals surface area (Å²) in [6.07, 6.45) is -30.4. The van der Waals surface area contributed by atoms with Crippen LogP contribution in [0.5, 0.6) is 5.75 Å². The fraction of sp³-hybridized carbons (Fsp3) is 0.353. The summed E-state index contributed by atoms with van der Waals surface area (Å²) < 4.78 is 235. The lowest BCUT2D eigenvalue weighted by Crippen LogP contribution is -2.60. The molecular weight excluding hydrogens is 1530 g/mol. The molecule has 8 bridgehead atoms. The zero-order chi connectivity index (χ0) is 77.8. The SMILES string of the molecule is OCC1O[C@@H](Oc2cccc(-c3c4nc(c(-c5c(F)c(F)c(S[C@@H]6OC(CO)[C@@H](O)C(O)C6O)c(F)c5F)c5ccc([nH]5)c(-c5c(F)c(F)c(SC6O[C@H](CO)C(O)[C@@H](O)[C@H]6O)c(F)c5F)c5nc(c(-c6c(F)c(F)c(S[C@@H]7OC(CO)[C@@H](O)C(O)C7O)c(F)c6F)c6ccc3[nH]6)C=C5)C=C4)c2)C(O)C(O)[C@@H]1O. The number of halogens is 12. The van der Waals surface area contributed by atoms with Crippen LogP contribution in [-0.2, 0) is 18.9 Å². The zero-order valence-electron chi connectivity index (χ0n) is 54.2. The summed E-state index contributed by atoms with van der Waals surface area (Å²) in [5.41, 5.74) is -20.7. The van der Waals surface area contributed by atoms with E-state index in [1.807, 2.05) is 0 Å². The molecule has 0 radical (unpaired) electrons. The van der Waals surface area contributed by atoms with Gasteiger partial charge in [0.15, 0.2) is 69.8 Å². The van der Waals surface area contributed by atoms with E-state index in [0.717, 1.165) is 48.6 Å². The highest BCUT2D eigenvalue weighted by molar-refractivity contribution is 8.00. The van der Waals surface area contributed by atoms with Gasteiger partial charge in [-0.25, -0.2) is 62.7 Å². The van der Waals surface area contributed by atoms with Gasteiger partial charge in [-0.3, -0.25) is 0 Å². The second-order valence-corrected chi connectivity index (χ2v) is 28.5. The van der Waals surface area contributed by atoms with Gasteiger partial charge in [0, 0.05) is 44.3 Å². The normalized spacial score (nSPS) is 29.3. The van der Waals surface area contributed by atoms with Gasteiger partial charge in [0.05, 0.1) is 80.6 Å². The molecular formula is C68H58F12N4O21S3. The van der Waals surface area contributed by atoms with Gasteiger partial charge in [0.2, 0.25) is 6.29 Å². The second kappa shape index (κ2) is 31.1. The van der Waals surface area contributed by atoms with Gasteiger partial charge in [0.1, 0.15) is 120 Å².